The Hall–Kier alpha value is -1.30. The second kappa shape index (κ2) is 7.33. The molecule has 0 bridgehead atoms. The van der Waals surface area contributed by atoms with Gasteiger partial charge in [0.15, 0.2) is 0 Å². The zero-order valence-corrected chi connectivity index (χ0v) is 11.9. The average molecular weight is 272 g/mol. The summed E-state index contributed by atoms with van der Waals surface area (Å²) in [6.07, 6.45) is 2.01. The van der Waals surface area contributed by atoms with Gasteiger partial charge in [0.1, 0.15) is 0 Å². The van der Waals surface area contributed by atoms with Crippen LogP contribution in [0.15, 0.2) is 0 Å². The predicted octanol–water partition coefficient (Wildman–Crippen LogP) is 1.45. The van der Waals surface area contributed by atoms with Crippen molar-refractivity contribution in [3.63, 3.8) is 0 Å². The number of aliphatic carboxylic acids is 1. The molecule has 6 heteroatoms. The number of urea groups is 1. The summed E-state index contributed by atoms with van der Waals surface area (Å²) in [6, 6.07) is -0.309. The lowest BCUT2D eigenvalue weighted by Gasteiger charge is -2.29. The van der Waals surface area contributed by atoms with Crippen LogP contribution < -0.4 is 5.32 Å². The van der Waals surface area contributed by atoms with Gasteiger partial charge < -0.3 is 20.1 Å². The first-order valence-corrected chi connectivity index (χ1v) is 6.82. The Kier molecular flexibility index (Phi) is 6.08. The number of carboxylic acid groups (broad SMARTS) is 1. The van der Waals surface area contributed by atoms with Crippen molar-refractivity contribution in [1.29, 1.82) is 0 Å². The van der Waals surface area contributed by atoms with Crippen LogP contribution in [-0.4, -0.2) is 53.3 Å². The number of carbonyl (C=O) groups excluding carboxylic acids is 1. The fourth-order valence-corrected chi connectivity index (χ4v) is 2.18. The molecule has 2 atom stereocenters. The van der Waals surface area contributed by atoms with Crippen LogP contribution in [0.4, 0.5) is 4.79 Å². The molecule has 0 saturated carbocycles. The highest BCUT2D eigenvalue weighted by atomic mass is 16.5. The van der Waals surface area contributed by atoms with Crippen LogP contribution in [-0.2, 0) is 9.53 Å². The predicted molar refractivity (Wildman–Crippen MR) is 71.1 cm³/mol. The molecule has 2 unspecified atom stereocenters. The summed E-state index contributed by atoms with van der Waals surface area (Å²) in [6.45, 7) is 6.63. The van der Waals surface area contributed by atoms with Crippen molar-refractivity contribution >= 4 is 12.0 Å². The first-order valence-electron chi connectivity index (χ1n) is 6.82. The molecule has 19 heavy (non-hydrogen) atoms. The number of nitrogens with one attached hydrogen (secondary N) is 1. The fraction of sp³-hybridized carbons (Fsp3) is 0.846. The van der Waals surface area contributed by atoms with E-state index >= 15 is 0 Å². The van der Waals surface area contributed by atoms with Crippen molar-refractivity contribution in [2.75, 3.05) is 13.2 Å². The van der Waals surface area contributed by atoms with Crippen LogP contribution >= 0.6 is 0 Å². The molecule has 1 aliphatic rings. The lowest BCUT2D eigenvalue weighted by atomic mass is 10.1. The third-order valence-corrected chi connectivity index (χ3v) is 3.32. The van der Waals surface area contributed by atoms with Gasteiger partial charge in [0.05, 0.1) is 18.6 Å². The van der Waals surface area contributed by atoms with E-state index < -0.39 is 5.97 Å². The summed E-state index contributed by atoms with van der Waals surface area (Å²) >= 11 is 0. The number of carboxylic acids is 1. The molecule has 6 nitrogen and oxygen atoms in total. The van der Waals surface area contributed by atoms with E-state index in [1.807, 2.05) is 20.8 Å². The van der Waals surface area contributed by atoms with E-state index in [0.717, 1.165) is 19.4 Å². The van der Waals surface area contributed by atoms with Gasteiger partial charge in [0.2, 0.25) is 0 Å². The highest BCUT2D eigenvalue weighted by Gasteiger charge is 2.26. The quantitative estimate of drug-likeness (QED) is 0.767. The summed E-state index contributed by atoms with van der Waals surface area (Å²) in [4.78, 5) is 24.3. The zero-order chi connectivity index (χ0) is 14.4. The Morgan fingerprint density at radius 1 is 1.42 bits per heavy atom. The molecule has 0 aliphatic carbocycles. The molecule has 0 aromatic rings. The van der Waals surface area contributed by atoms with E-state index in [4.69, 9.17) is 9.84 Å². The van der Waals surface area contributed by atoms with Crippen molar-refractivity contribution < 1.29 is 19.4 Å². The van der Waals surface area contributed by atoms with Crippen molar-refractivity contribution in [2.24, 2.45) is 0 Å². The Morgan fingerprint density at radius 3 is 2.58 bits per heavy atom. The lowest BCUT2D eigenvalue weighted by molar-refractivity contribution is -0.137. The summed E-state index contributed by atoms with van der Waals surface area (Å²) in [5, 5.41) is 11.6. The molecule has 110 valence electrons. The maximum absolute atomic E-state index is 12.1. The third kappa shape index (κ3) is 5.06. The zero-order valence-electron chi connectivity index (χ0n) is 11.9. The molecule has 0 aromatic heterocycles. The minimum Gasteiger partial charge on any atom is -0.481 e. The van der Waals surface area contributed by atoms with E-state index in [-0.39, 0.29) is 37.2 Å². The number of ether oxygens (including phenoxy) is 1. The Morgan fingerprint density at radius 2 is 2.11 bits per heavy atom. The second-order valence-corrected chi connectivity index (χ2v) is 5.22. The molecule has 1 aliphatic heterocycles. The van der Waals surface area contributed by atoms with Gasteiger partial charge in [-0.15, -0.1) is 0 Å². The highest BCUT2D eigenvalue weighted by Crippen LogP contribution is 2.15. The largest absolute Gasteiger partial charge is 0.481 e. The van der Waals surface area contributed by atoms with Crippen molar-refractivity contribution in [2.45, 2.75) is 58.2 Å². The third-order valence-electron chi connectivity index (χ3n) is 3.32. The van der Waals surface area contributed by atoms with Crippen molar-refractivity contribution in [1.82, 2.24) is 10.2 Å². The maximum Gasteiger partial charge on any atom is 0.317 e. The minimum atomic E-state index is -0.898. The molecule has 2 amide bonds. The van der Waals surface area contributed by atoms with Crippen molar-refractivity contribution in [3.8, 4) is 0 Å². The number of amides is 2. The van der Waals surface area contributed by atoms with E-state index in [1.54, 1.807) is 4.90 Å². The summed E-state index contributed by atoms with van der Waals surface area (Å²) < 4.78 is 5.53. The molecular formula is C13H24N2O4. The molecule has 1 fully saturated rings. The molecular weight excluding hydrogens is 248 g/mol. The average Bonchev–Trinajstić information content (AvgIpc) is 2.81. The first-order chi connectivity index (χ1) is 8.91. The van der Waals surface area contributed by atoms with Gasteiger partial charge >= 0.3 is 12.0 Å². The number of rotatable bonds is 6. The van der Waals surface area contributed by atoms with Gasteiger partial charge in [-0.1, -0.05) is 0 Å². The molecule has 0 radical (unpaired) electrons. The second-order valence-electron chi connectivity index (χ2n) is 5.22. The number of hydrogen-bond donors (Lipinski definition) is 2. The van der Waals surface area contributed by atoms with Crippen LogP contribution in [0.5, 0.6) is 0 Å². The smallest absolute Gasteiger partial charge is 0.317 e. The molecule has 0 aromatic carbocycles. The Bertz CT molecular complexity index is 314. The van der Waals surface area contributed by atoms with E-state index in [1.165, 1.54) is 0 Å². The SMILES string of the molecule is CC(NC(=O)N(CCC(=O)O)C(C)C)C1CCCO1. The van der Waals surface area contributed by atoms with Crippen LogP contribution in [0.2, 0.25) is 0 Å². The summed E-state index contributed by atoms with van der Waals surface area (Å²) in [5.74, 6) is -0.898. The molecule has 1 heterocycles. The molecule has 1 saturated heterocycles. The first kappa shape index (κ1) is 15.8. The maximum atomic E-state index is 12.1. The highest BCUT2D eigenvalue weighted by molar-refractivity contribution is 5.76. The van der Waals surface area contributed by atoms with E-state index in [2.05, 4.69) is 5.32 Å². The Labute approximate surface area is 114 Å². The van der Waals surface area contributed by atoms with Gasteiger partial charge in [0, 0.05) is 19.2 Å². The summed E-state index contributed by atoms with van der Waals surface area (Å²) in [5.41, 5.74) is 0. The molecule has 0 spiro atoms. The number of carbonyl (C=O) groups is 2. The van der Waals surface area contributed by atoms with Crippen LogP contribution in [0, 0.1) is 0 Å². The van der Waals surface area contributed by atoms with Crippen LogP contribution in [0.25, 0.3) is 0 Å². The molecule has 2 N–H and O–H groups in total. The Balaban J connectivity index is 2.48. The van der Waals surface area contributed by atoms with Gasteiger partial charge in [-0.25, -0.2) is 4.79 Å². The number of nitrogens with zero attached hydrogens (tertiary/aromatic N) is 1. The monoisotopic (exact) mass is 272 g/mol. The fourth-order valence-electron chi connectivity index (χ4n) is 2.18. The van der Waals surface area contributed by atoms with Gasteiger partial charge in [-0.2, -0.15) is 0 Å². The van der Waals surface area contributed by atoms with Crippen molar-refractivity contribution in [3.05, 3.63) is 0 Å². The van der Waals surface area contributed by atoms with Gasteiger partial charge in [-0.05, 0) is 33.6 Å². The van der Waals surface area contributed by atoms with Crippen LogP contribution in [0.3, 0.4) is 0 Å². The minimum absolute atomic E-state index is 0.0314. The normalized spacial score (nSPS) is 20.3. The standard InChI is InChI=1S/C13H24N2O4/c1-9(2)15(7-6-12(16)17)13(18)14-10(3)11-5-4-8-19-11/h9-11H,4-8H2,1-3H3,(H,14,18)(H,16,17). The lowest BCUT2D eigenvalue weighted by Crippen LogP contribution is -2.50. The van der Waals surface area contributed by atoms with E-state index in [0.29, 0.717) is 0 Å². The topological polar surface area (TPSA) is 78.9 Å². The van der Waals surface area contributed by atoms with E-state index in [9.17, 15) is 9.59 Å². The van der Waals surface area contributed by atoms with Gasteiger partial charge in [0.25, 0.3) is 0 Å². The molecule has 1 rings (SSSR count). The number of hydrogen-bond acceptors (Lipinski definition) is 3. The van der Waals surface area contributed by atoms with Crippen LogP contribution in [0.1, 0.15) is 40.0 Å². The summed E-state index contributed by atoms with van der Waals surface area (Å²) in [7, 11) is 0. The van der Waals surface area contributed by atoms with Gasteiger partial charge in [-0.3, -0.25) is 4.79 Å².